The summed E-state index contributed by atoms with van der Waals surface area (Å²) in [6.45, 7) is 5.85. The van der Waals surface area contributed by atoms with Gasteiger partial charge in [-0.25, -0.2) is 9.59 Å². The first-order chi connectivity index (χ1) is 25.9. The number of fused-ring (bicyclic) bond motifs is 2. The number of nitrogens with one attached hydrogen (secondary N) is 4. The van der Waals surface area contributed by atoms with Crippen LogP contribution in [0.4, 0.5) is 0 Å². The van der Waals surface area contributed by atoms with Crippen LogP contribution in [0.25, 0.3) is 0 Å². The summed E-state index contributed by atoms with van der Waals surface area (Å²) < 4.78 is 16.8. The molecule has 4 aromatic rings. The third-order valence-corrected chi connectivity index (χ3v) is 9.09. The summed E-state index contributed by atoms with van der Waals surface area (Å²) in [6, 6.07) is 23.2. The summed E-state index contributed by atoms with van der Waals surface area (Å²) in [5.41, 5.74) is 3.38. The van der Waals surface area contributed by atoms with Gasteiger partial charge in [0.05, 0.1) is 34.0 Å². The molecule has 0 saturated heterocycles. The number of carbonyl (C=O) groups is 6. The largest absolute Gasteiger partial charge is 0.459 e. The smallest absolute Gasteiger partial charge is 0.328 e. The highest BCUT2D eigenvalue weighted by Crippen LogP contribution is 2.50. The van der Waals surface area contributed by atoms with Crippen LogP contribution in [-0.2, 0) is 41.9 Å². The summed E-state index contributed by atoms with van der Waals surface area (Å²) >= 11 is 1.31. The lowest BCUT2D eigenvalue weighted by Gasteiger charge is -2.25. The molecule has 4 amide bonds. The Balaban J connectivity index is 1.18. The first-order valence-corrected chi connectivity index (χ1v) is 17.9. The highest BCUT2D eigenvalue weighted by atomic mass is 32.2. The van der Waals surface area contributed by atoms with Gasteiger partial charge in [0, 0.05) is 0 Å². The SMILES string of the molecule is Cc1cc2c(c(C(=O)NCC(=O)N[C@@H](C)C(=O)OCc3ccccc3)c1)Oc1c(cc(C)cc1C(=O)NCC(=O)N[C@@H](C)C(=O)OCc1ccccc1)S2. The molecule has 54 heavy (non-hydrogen) atoms. The number of esters is 2. The van der Waals surface area contributed by atoms with E-state index in [1.165, 1.54) is 25.6 Å². The molecule has 13 nitrogen and oxygen atoms in total. The van der Waals surface area contributed by atoms with E-state index >= 15 is 0 Å². The standard InChI is InChI=1S/C40H40N4O9S/c1-23-15-29(37(47)41-19-33(45)43-25(3)39(49)51-21-27-11-7-5-8-12-27)35-31(17-23)54-32-18-24(2)16-30(36(32)53-35)38(48)42-20-34(46)44-26(4)40(50)52-22-28-13-9-6-10-14-28/h5-18,25-26H,19-22H2,1-4H3,(H,41,47)(H,42,48)(H,43,45)(H,44,46)/t25-,26-/m0/s1. The Morgan fingerprint density at radius 3 is 1.39 bits per heavy atom. The molecule has 280 valence electrons. The fourth-order valence-electron chi connectivity index (χ4n) is 5.32. The van der Waals surface area contributed by atoms with E-state index < -0.39 is 60.7 Å². The molecule has 0 bridgehead atoms. The lowest BCUT2D eigenvalue weighted by Crippen LogP contribution is -2.44. The molecule has 0 aromatic heterocycles. The molecule has 1 heterocycles. The molecular formula is C40H40N4O9S. The van der Waals surface area contributed by atoms with Gasteiger partial charge in [-0.2, -0.15) is 0 Å². The molecule has 5 rings (SSSR count). The monoisotopic (exact) mass is 752 g/mol. The zero-order valence-corrected chi connectivity index (χ0v) is 31.0. The Morgan fingerprint density at radius 1 is 0.611 bits per heavy atom. The van der Waals surface area contributed by atoms with Crippen LogP contribution < -0.4 is 26.0 Å². The van der Waals surface area contributed by atoms with Crippen LogP contribution in [0.5, 0.6) is 11.5 Å². The number of hydrogen-bond donors (Lipinski definition) is 4. The van der Waals surface area contributed by atoms with E-state index in [9.17, 15) is 28.8 Å². The predicted molar refractivity (Wildman–Crippen MR) is 199 cm³/mol. The van der Waals surface area contributed by atoms with Gasteiger partial charge in [0.25, 0.3) is 11.8 Å². The summed E-state index contributed by atoms with van der Waals surface area (Å²) in [6.07, 6.45) is 0. The molecule has 0 saturated carbocycles. The number of aryl methyl sites for hydroxylation is 2. The van der Waals surface area contributed by atoms with Crippen LogP contribution >= 0.6 is 11.8 Å². The van der Waals surface area contributed by atoms with E-state index in [2.05, 4.69) is 21.3 Å². The van der Waals surface area contributed by atoms with Crippen LogP contribution in [0.2, 0.25) is 0 Å². The molecule has 4 N–H and O–H groups in total. The van der Waals surface area contributed by atoms with Crippen molar-refractivity contribution >= 4 is 47.3 Å². The number of ether oxygens (including phenoxy) is 3. The Morgan fingerprint density at radius 2 is 1.00 bits per heavy atom. The summed E-state index contributed by atoms with van der Waals surface area (Å²) in [4.78, 5) is 78.2. The van der Waals surface area contributed by atoms with Gasteiger partial charge >= 0.3 is 11.9 Å². The van der Waals surface area contributed by atoms with Crippen molar-refractivity contribution in [2.75, 3.05) is 13.1 Å². The number of benzene rings is 4. The van der Waals surface area contributed by atoms with Crippen molar-refractivity contribution in [3.05, 3.63) is 118 Å². The second kappa shape index (κ2) is 18.1. The Kier molecular flexibility index (Phi) is 13.1. The quantitative estimate of drug-likeness (QED) is 0.118. The van der Waals surface area contributed by atoms with Gasteiger partial charge in [0.15, 0.2) is 11.5 Å². The molecule has 0 fully saturated rings. The minimum Gasteiger partial charge on any atom is -0.459 e. The lowest BCUT2D eigenvalue weighted by atomic mass is 10.1. The molecule has 0 spiro atoms. The van der Waals surface area contributed by atoms with Crippen molar-refractivity contribution < 1.29 is 43.0 Å². The van der Waals surface area contributed by atoms with Gasteiger partial charge in [-0.3, -0.25) is 19.2 Å². The molecule has 4 aromatic carbocycles. The molecule has 1 aliphatic heterocycles. The van der Waals surface area contributed by atoms with Crippen LogP contribution in [0.15, 0.2) is 94.7 Å². The number of hydrogen-bond acceptors (Lipinski definition) is 10. The Labute approximate surface area is 316 Å². The van der Waals surface area contributed by atoms with E-state index in [1.54, 1.807) is 12.1 Å². The summed E-state index contributed by atoms with van der Waals surface area (Å²) in [7, 11) is 0. The van der Waals surface area contributed by atoms with E-state index in [4.69, 9.17) is 14.2 Å². The van der Waals surface area contributed by atoms with E-state index in [1.807, 2.05) is 86.6 Å². The maximum atomic E-state index is 13.4. The summed E-state index contributed by atoms with van der Waals surface area (Å²) in [5, 5.41) is 10.2. The molecule has 0 unspecified atom stereocenters. The zero-order valence-electron chi connectivity index (χ0n) is 30.1. The van der Waals surface area contributed by atoms with Gasteiger partial charge in [-0.15, -0.1) is 0 Å². The Hall–Kier alpha value is -6.15. The number of amides is 4. The minimum atomic E-state index is -0.954. The Bertz CT molecular complexity index is 1910. The second-order valence-corrected chi connectivity index (χ2v) is 13.7. The van der Waals surface area contributed by atoms with Crippen molar-refractivity contribution in [1.29, 1.82) is 0 Å². The van der Waals surface area contributed by atoms with Gasteiger partial charge in [-0.1, -0.05) is 72.4 Å². The average Bonchev–Trinajstić information content (AvgIpc) is 3.16. The fraction of sp³-hybridized carbons (Fsp3) is 0.250. The van der Waals surface area contributed by atoms with E-state index in [-0.39, 0.29) is 35.8 Å². The maximum absolute atomic E-state index is 13.4. The van der Waals surface area contributed by atoms with Gasteiger partial charge in [0.2, 0.25) is 11.8 Å². The number of carbonyl (C=O) groups excluding carboxylic acids is 6. The molecule has 2 atom stereocenters. The zero-order chi connectivity index (χ0) is 38.8. The van der Waals surface area contributed by atoms with Crippen molar-refractivity contribution in [2.24, 2.45) is 0 Å². The topological polar surface area (TPSA) is 178 Å². The van der Waals surface area contributed by atoms with Crippen LogP contribution in [0, 0.1) is 13.8 Å². The van der Waals surface area contributed by atoms with E-state index in [0.29, 0.717) is 9.79 Å². The van der Waals surface area contributed by atoms with E-state index in [0.717, 1.165) is 22.3 Å². The molecule has 0 aliphatic carbocycles. The molecular weight excluding hydrogens is 713 g/mol. The van der Waals surface area contributed by atoms with Crippen molar-refractivity contribution in [3.8, 4) is 11.5 Å². The van der Waals surface area contributed by atoms with Gasteiger partial charge < -0.3 is 35.5 Å². The molecule has 0 radical (unpaired) electrons. The highest BCUT2D eigenvalue weighted by Gasteiger charge is 2.29. The predicted octanol–water partition coefficient (Wildman–Crippen LogP) is 4.52. The van der Waals surface area contributed by atoms with Crippen LogP contribution in [0.3, 0.4) is 0 Å². The first kappa shape index (κ1) is 39.1. The van der Waals surface area contributed by atoms with Crippen molar-refractivity contribution in [3.63, 3.8) is 0 Å². The highest BCUT2D eigenvalue weighted by molar-refractivity contribution is 7.99. The summed E-state index contributed by atoms with van der Waals surface area (Å²) in [5.74, 6) is -3.31. The van der Waals surface area contributed by atoms with Crippen molar-refractivity contribution in [2.45, 2.75) is 62.8 Å². The van der Waals surface area contributed by atoms with Crippen LogP contribution in [-0.4, -0.2) is 60.7 Å². The maximum Gasteiger partial charge on any atom is 0.328 e. The van der Waals surface area contributed by atoms with Crippen LogP contribution in [0.1, 0.15) is 56.8 Å². The van der Waals surface area contributed by atoms with Gasteiger partial charge in [-0.05, 0) is 74.2 Å². The lowest BCUT2D eigenvalue weighted by molar-refractivity contribution is -0.149. The van der Waals surface area contributed by atoms with Crippen molar-refractivity contribution in [1.82, 2.24) is 21.3 Å². The minimum absolute atomic E-state index is 0.0572. The fourth-order valence-corrected chi connectivity index (χ4v) is 6.54. The second-order valence-electron chi connectivity index (χ2n) is 12.6. The first-order valence-electron chi connectivity index (χ1n) is 17.1. The number of rotatable bonds is 14. The molecule has 1 aliphatic rings. The molecule has 14 heteroatoms. The third kappa shape index (κ3) is 10.5. The average molecular weight is 753 g/mol. The van der Waals surface area contributed by atoms with Gasteiger partial charge in [0.1, 0.15) is 25.3 Å². The third-order valence-electron chi connectivity index (χ3n) is 8.04. The normalized spacial score (nSPS) is 12.4.